The van der Waals surface area contributed by atoms with Crippen LogP contribution in [0.2, 0.25) is 0 Å². The van der Waals surface area contributed by atoms with Crippen molar-refractivity contribution in [2.24, 2.45) is 11.3 Å². The normalized spacial score (nSPS) is 24.6. The van der Waals surface area contributed by atoms with Crippen molar-refractivity contribution >= 4 is 55.4 Å². The van der Waals surface area contributed by atoms with Crippen LogP contribution in [0.4, 0.5) is 28.4 Å². The highest BCUT2D eigenvalue weighted by atomic mass is 32.2. The molecule has 7 aliphatic rings. The lowest BCUT2D eigenvalue weighted by Gasteiger charge is -2.56. The van der Waals surface area contributed by atoms with Gasteiger partial charge in [0.1, 0.15) is 35.0 Å². The number of amides is 1. The average Bonchev–Trinajstić information content (AvgIpc) is 4.23. The van der Waals surface area contributed by atoms with Crippen LogP contribution in [0.1, 0.15) is 79.8 Å². The van der Waals surface area contributed by atoms with E-state index in [9.17, 15) is 23.3 Å². The summed E-state index contributed by atoms with van der Waals surface area (Å²) in [5.41, 5.74) is 4.10. The number of para-hydroxylation sites is 1. The van der Waals surface area contributed by atoms with Gasteiger partial charge in [-0.15, -0.1) is 0 Å². The van der Waals surface area contributed by atoms with Crippen molar-refractivity contribution in [2.45, 2.75) is 93.0 Å². The molecule has 0 radical (unpaired) electrons. The Labute approximate surface area is 412 Å². The maximum Gasteiger partial charge on any atom is 0.293 e. The van der Waals surface area contributed by atoms with Gasteiger partial charge in [-0.2, -0.15) is 4.98 Å². The van der Waals surface area contributed by atoms with Gasteiger partial charge in [-0.25, -0.2) is 13.1 Å². The fourth-order valence-electron chi connectivity index (χ4n) is 12.3. The van der Waals surface area contributed by atoms with Gasteiger partial charge in [-0.05, 0) is 118 Å². The molecule has 4 atom stereocenters. The van der Waals surface area contributed by atoms with Gasteiger partial charge in [-0.1, -0.05) is 18.2 Å². The Hall–Kier alpha value is -5.99. The van der Waals surface area contributed by atoms with Crippen LogP contribution in [0, 0.1) is 21.4 Å². The van der Waals surface area contributed by atoms with E-state index in [-0.39, 0.29) is 34.7 Å². The Kier molecular flexibility index (Phi) is 12.3. The largest absolute Gasteiger partial charge is 0.488 e. The van der Waals surface area contributed by atoms with Crippen molar-refractivity contribution in [3.8, 4) is 11.6 Å². The number of pyridine rings is 1. The number of H-pyrrole nitrogens is 1. The molecule has 3 N–H and O–H groups in total. The number of hydrogen-bond donors (Lipinski definition) is 3. The second kappa shape index (κ2) is 18.9. The molecule has 71 heavy (non-hydrogen) atoms. The Bertz CT molecular complexity index is 2920. The molecule has 5 saturated heterocycles. The number of piperidine rings is 1. The Morgan fingerprint density at radius 1 is 0.901 bits per heavy atom. The lowest BCUT2D eigenvalue weighted by atomic mass is 9.60. The van der Waals surface area contributed by atoms with Gasteiger partial charge >= 0.3 is 0 Å². The number of nitrogens with zero attached hydrogens (tertiary/aromatic N) is 5. The molecule has 3 aromatic carbocycles. The number of aromatic amines is 1. The lowest BCUT2D eigenvalue weighted by molar-refractivity contribution is -0.384. The van der Waals surface area contributed by atoms with Crippen LogP contribution >= 0.6 is 0 Å². The number of carbonyl (C=O) groups excluding carboxylic acids is 1. The van der Waals surface area contributed by atoms with Crippen molar-refractivity contribution in [1.29, 1.82) is 0 Å². The van der Waals surface area contributed by atoms with Crippen LogP contribution in [0.25, 0.3) is 11.0 Å². The van der Waals surface area contributed by atoms with Crippen molar-refractivity contribution in [2.75, 3.05) is 80.9 Å². The number of nitrogens with one attached hydrogen (secondary N) is 3. The van der Waals surface area contributed by atoms with Crippen LogP contribution in [-0.2, 0) is 24.2 Å². The zero-order valence-corrected chi connectivity index (χ0v) is 40.4. The summed E-state index contributed by atoms with van der Waals surface area (Å²) in [6.07, 6.45) is 10.7. The first-order valence-corrected chi connectivity index (χ1v) is 26.7. The summed E-state index contributed by atoms with van der Waals surface area (Å²) in [6, 6.07) is 22.2. The maximum absolute atomic E-state index is 14.6. The third-order valence-corrected chi connectivity index (χ3v) is 17.5. The van der Waals surface area contributed by atoms with Crippen molar-refractivity contribution in [3.05, 3.63) is 100 Å². The molecule has 1 aliphatic carbocycles. The van der Waals surface area contributed by atoms with E-state index < -0.39 is 37.5 Å². The molecule has 0 unspecified atom stereocenters. The highest BCUT2D eigenvalue weighted by molar-refractivity contribution is 7.90. The molecule has 5 aromatic rings. The van der Waals surface area contributed by atoms with Crippen molar-refractivity contribution in [3.63, 3.8) is 0 Å². The molecule has 1 amide bonds. The van der Waals surface area contributed by atoms with Gasteiger partial charge in [0.15, 0.2) is 0 Å². The lowest BCUT2D eigenvalue weighted by Crippen LogP contribution is -2.55. The number of likely N-dealkylation sites (tertiary alicyclic amines) is 1. The highest BCUT2D eigenvalue weighted by Gasteiger charge is 2.50. The molecule has 12 rings (SSSR count). The second-order valence-electron chi connectivity index (χ2n) is 20.5. The fraction of sp³-hybridized carbons (Fsp3) is 0.500. The Balaban J connectivity index is 0.800. The number of carbonyl (C=O) groups is 1. The highest BCUT2D eigenvalue weighted by Crippen LogP contribution is 2.55. The van der Waals surface area contributed by atoms with Gasteiger partial charge in [0.25, 0.3) is 21.6 Å². The zero-order chi connectivity index (χ0) is 48.3. The smallest absolute Gasteiger partial charge is 0.293 e. The van der Waals surface area contributed by atoms with E-state index in [2.05, 4.69) is 49.1 Å². The third kappa shape index (κ3) is 8.93. The average molecular weight is 989 g/mol. The van der Waals surface area contributed by atoms with Gasteiger partial charge in [-0.3, -0.25) is 19.8 Å². The quantitative estimate of drug-likeness (QED) is 0.0773. The van der Waals surface area contributed by atoms with E-state index in [1.165, 1.54) is 24.1 Å². The first-order chi connectivity index (χ1) is 34.6. The first kappa shape index (κ1) is 46.1. The van der Waals surface area contributed by atoms with E-state index in [0.717, 1.165) is 100 Å². The summed E-state index contributed by atoms with van der Waals surface area (Å²) in [6.45, 7) is 6.48. The minimum Gasteiger partial charge on any atom is -0.488 e. The number of sulfonamides is 1. The second-order valence-corrected chi connectivity index (χ2v) is 22.1. The van der Waals surface area contributed by atoms with E-state index in [0.29, 0.717) is 74.6 Å². The van der Waals surface area contributed by atoms with E-state index >= 15 is 0 Å². The maximum atomic E-state index is 14.6. The van der Waals surface area contributed by atoms with Crippen LogP contribution in [0.3, 0.4) is 0 Å². The predicted octanol–water partition coefficient (Wildman–Crippen LogP) is 7.48. The molecule has 374 valence electrons. The number of nitro groups is 1. The van der Waals surface area contributed by atoms with Crippen LogP contribution in [-0.4, -0.2) is 124 Å². The Morgan fingerprint density at radius 3 is 2.55 bits per heavy atom. The van der Waals surface area contributed by atoms with Crippen molar-refractivity contribution < 1.29 is 41.8 Å². The number of benzene rings is 3. The van der Waals surface area contributed by atoms with Gasteiger partial charge < -0.3 is 43.8 Å². The zero-order valence-electron chi connectivity index (χ0n) is 39.6. The molecule has 2 aromatic heterocycles. The van der Waals surface area contributed by atoms with Crippen LogP contribution in [0.5, 0.6) is 11.6 Å². The summed E-state index contributed by atoms with van der Waals surface area (Å²) >= 11 is 0. The molecule has 0 bridgehead atoms. The predicted molar refractivity (Wildman–Crippen MR) is 265 cm³/mol. The number of nitro benzene ring substituents is 1. The standard InChI is InChI=1S/C52H60N8O10S/c61-50(56-71(64,65)38-8-10-41(44(26-38)60(62)63)54-29-33-12-21-66-22-13-33)40-9-7-35(25-43(40)59-45-24-34-11-17-53-49(34)55-51(45)70-48-32-68-31-46(48)59)57-19-15-52(16-20-57)27-36(28-52)58-18-3-5-42(58)39-4-1-2-6-47(39)69-37-14-23-67-30-37/h1-2,4,6-11,17,24-26,33,36-37,42,46,48,54H,3,5,12-16,18-23,27-32H2,(H,53,55)(H,56,61)/t37-,42-,46+,48+/m0/s1. The fourth-order valence-corrected chi connectivity index (χ4v) is 13.3. The number of rotatable bonds is 13. The number of ether oxygens (including phenoxy) is 5. The summed E-state index contributed by atoms with van der Waals surface area (Å²) in [4.78, 5) is 41.0. The molecule has 6 aliphatic heterocycles. The van der Waals surface area contributed by atoms with Gasteiger partial charge in [0, 0.05) is 80.3 Å². The summed E-state index contributed by atoms with van der Waals surface area (Å²) in [5, 5.41) is 16.3. The molecule has 19 heteroatoms. The summed E-state index contributed by atoms with van der Waals surface area (Å²) in [7, 11) is -4.60. The summed E-state index contributed by atoms with van der Waals surface area (Å²) < 4.78 is 60.5. The van der Waals surface area contributed by atoms with Crippen molar-refractivity contribution in [1.82, 2.24) is 19.6 Å². The molecule has 6 fully saturated rings. The third-order valence-electron chi connectivity index (χ3n) is 16.2. The number of anilines is 4. The first-order valence-electron chi connectivity index (χ1n) is 25.3. The SMILES string of the molecule is O=C(NS(=O)(=O)c1ccc(NCC2CCOCC2)c([N+](=O)[O-])c1)c1ccc(N2CCC3(CC2)CC(N2CCC[C@H]2c2ccccc2O[C@H]2CCOC2)C3)cc1N1c2cc3cc[nH]c3nc2O[C@@H]2COC[C@H]21. The monoisotopic (exact) mass is 988 g/mol. The van der Waals surface area contributed by atoms with E-state index in [4.69, 9.17) is 28.7 Å². The van der Waals surface area contributed by atoms with Gasteiger partial charge in [0.2, 0.25) is 5.88 Å². The molecular formula is C52H60N8O10S. The number of aromatic nitrogens is 2. The Morgan fingerprint density at radius 2 is 1.73 bits per heavy atom. The van der Waals surface area contributed by atoms with E-state index in [1.54, 1.807) is 12.3 Å². The molecular weight excluding hydrogens is 929 g/mol. The molecule has 1 spiro atoms. The van der Waals surface area contributed by atoms with Gasteiger partial charge in [0.05, 0.1) is 53.5 Å². The van der Waals surface area contributed by atoms with E-state index in [1.807, 2.05) is 29.2 Å². The minimum absolute atomic E-state index is 0.104. The molecule has 1 saturated carbocycles. The minimum atomic E-state index is -4.60. The van der Waals surface area contributed by atoms with Crippen LogP contribution in [0.15, 0.2) is 83.9 Å². The number of fused-ring (bicyclic) bond motifs is 3. The number of hydrogen-bond acceptors (Lipinski definition) is 15. The molecule has 8 heterocycles. The van der Waals surface area contributed by atoms with Crippen LogP contribution < -0.4 is 29.3 Å². The topological polar surface area (TPSA) is 203 Å². The molecule has 18 nitrogen and oxygen atoms in total. The summed E-state index contributed by atoms with van der Waals surface area (Å²) in [5.74, 6) is 0.746.